The lowest BCUT2D eigenvalue weighted by atomic mass is 10.1. The molecule has 0 saturated carbocycles. The monoisotopic (exact) mass is 383 g/mol. The summed E-state index contributed by atoms with van der Waals surface area (Å²) in [5, 5.41) is 0.858. The highest BCUT2D eigenvalue weighted by atomic mass is 19.1. The van der Waals surface area contributed by atoms with Gasteiger partial charge in [0.2, 0.25) is 0 Å². The van der Waals surface area contributed by atoms with Crippen LogP contribution in [0.1, 0.15) is 24.5 Å². The second kappa shape index (κ2) is 8.69. The highest BCUT2D eigenvalue weighted by Crippen LogP contribution is 2.23. The fourth-order valence-electron chi connectivity index (χ4n) is 3.00. The van der Waals surface area contributed by atoms with E-state index in [1.54, 1.807) is 37.4 Å². The van der Waals surface area contributed by atoms with Crippen LogP contribution in [0.3, 0.4) is 0 Å². The van der Waals surface area contributed by atoms with Crippen molar-refractivity contribution in [2.24, 2.45) is 0 Å². The summed E-state index contributed by atoms with van der Waals surface area (Å²) >= 11 is 0. The number of benzene rings is 2. The molecule has 0 spiro atoms. The van der Waals surface area contributed by atoms with Crippen molar-refractivity contribution in [2.45, 2.75) is 26.3 Å². The second-order valence-corrected chi connectivity index (χ2v) is 6.63. The lowest BCUT2D eigenvalue weighted by Crippen LogP contribution is -2.31. The number of carbonyl (C=O) groups is 1. The summed E-state index contributed by atoms with van der Waals surface area (Å²) in [5.41, 5.74) is 1.39. The van der Waals surface area contributed by atoms with Crippen LogP contribution in [0, 0.1) is 5.82 Å². The van der Waals surface area contributed by atoms with Crippen molar-refractivity contribution in [1.29, 1.82) is 0 Å². The quantitative estimate of drug-likeness (QED) is 0.580. The molecule has 0 bridgehead atoms. The van der Waals surface area contributed by atoms with Crippen LogP contribution >= 0.6 is 0 Å². The summed E-state index contributed by atoms with van der Waals surface area (Å²) in [6.07, 6.45) is 1.70. The largest absolute Gasteiger partial charge is 0.484 e. The summed E-state index contributed by atoms with van der Waals surface area (Å²) in [5.74, 6) is -0.211. The van der Waals surface area contributed by atoms with Crippen LogP contribution in [0.15, 0.2) is 57.7 Å². The highest BCUT2D eigenvalue weighted by molar-refractivity contribution is 5.82. The van der Waals surface area contributed by atoms with Crippen molar-refractivity contribution in [2.75, 3.05) is 13.7 Å². The molecule has 1 aromatic heterocycles. The zero-order valence-corrected chi connectivity index (χ0v) is 15.9. The summed E-state index contributed by atoms with van der Waals surface area (Å²) in [4.78, 5) is 25.4. The van der Waals surface area contributed by atoms with Gasteiger partial charge in [-0.05, 0) is 30.2 Å². The highest BCUT2D eigenvalue weighted by Gasteiger charge is 2.13. The van der Waals surface area contributed by atoms with Gasteiger partial charge >= 0.3 is 5.63 Å². The standard InChI is InChI=1S/C22H22FNO4/c1-3-6-15-11-22(26)28-20-12-17(9-10-18(15)20)27-14-21(25)24(2)13-16-7-4-5-8-19(16)23/h4-5,7-12H,3,6,13-14H2,1-2H3. The van der Waals surface area contributed by atoms with E-state index in [1.165, 1.54) is 17.0 Å². The third kappa shape index (κ3) is 4.57. The van der Waals surface area contributed by atoms with E-state index in [0.717, 1.165) is 23.8 Å². The molecule has 0 fully saturated rings. The Morgan fingerprint density at radius 3 is 2.68 bits per heavy atom. The second-order valence-electron chi connectivity index (χ2n) is 6.63. The van der Waals surface area contributed by atoms with E-state index in [4.69, 9.17) is 9.15 Å². The van der Waals surface area contributed by atoms with Gasteiger partial charge in [0.1, 0.15) is 17.1 Å². The topological polar surface area (TPSA) is 59.8 Å². The molecule has 6 heteroatoms. The Labute approximate surface area is 162 Å². The number of hydrogen-bond donors (Lipinski definition) is 0. The molecule has 0 saturated heterocycles. The predicted octanol–water partition coefficient (Wildman–Crippen LogP) is 3.92. The fourth-order valence-corrected chi connectivity index (χ4v) is 3.00. The number of nitrogens with zero attached hydrogens (tertiary/aromatic N) is 1. The third-order valence-corrected chi connectivity index (χ3v) is 4.47. The van der Waals surface area contributed by atoms with Crippen LogP contribution in [-0.2, 0) is 17.8 Å². The van der Waals surface area contributed by atoms with Crippen LogP contribution in [0.4, 0.5) is 4.39 Å². The van der Waals surface area contributed by atoms with Crippen LogP contribution in [0.25, 0.3) is 11.0 Å². The molecule has 146 valence electrons. The molecule has 1 amide bonds. The number of ether oxygens (including phenoxy) is 1. The van der Waals surface area contributed by atoms with Gasteiger partial charge in [0.05, 0.1) is 0 Å². The Kier molecular flexibility index (Phi) is 6.09. The first-order chi connectivity index (χ1) is 13.5. The van der Waals surface area contributed by atoms with Crippen molar-refractivity contribution in [3.8, 4) is 5.75 Å². The SMILES string of the molecule is CCCc1cc(=O)oc2cc(OCC(=O)N(C)Cc3ccccc3F)ccc12. The molecule has 3 rings (SSSR count). The molecule has 0 radical (unpaired) electrons. The zero-order valence-electron chi connectivity index (χ0n) is 15.9. The van der Waals surface area contributed by atoms with Gasteiger partial charge in [0, 0.05) is 36.7 Å². The Morgan fingerprint density at radius 1 is 1.14 bits per heavy atom. The van der Waals surface area contributed by atoms with Crippen molar-refractivity contribution < 1.29 is 18.3 Å². The van der Waals surface area contributed by atoms with E-state index in [-0.39, 0.29) is 24.9 Å². The van der Waals surface area contributed by atoms with Crippen molar-refractivity contribution in [1.82, 2.24) is 4.90 Å². The van der Waals surface area contributed by atoms with E-state index in [0.29, 0.717) is 16.9 Å². The average molecular weight is 383 g/mol. The van der Waals surface area contributed by atoms with Gasteiger partial charge in [-0.1, -0.05) is 31.5 Å². The Morgan fingerprint density at radius 2 is 1.93 bits per heavy atom. The first kappa shape index (κ1) is 19.6. The maximum Gasteiger partial charge on any atom is 0.336 e. The molecule has 0 aliphatic heterocycles. The Balaban J connectivity index is 1.68. The lowest BCUT2D eigenvalue weighted by Gasteiger charge is -2.18. The minimum atomic E-state index is -0.409. The molecule has 0 N–H and O–H groups in total. The molecule has 28 heavy (non-hydrogen) atoms. The number of halogens is 1. The lowest BCUT2D eigenvalue weighted by molar-refractivity contribution is -0.132. The van der Waals surface area contributed by atoms with Gasteiger partial charge < -0.3 is 14.1 Å². The van der Waals surface area contributed by atoms with Crippen LogP contribution in [0.2, 0.25) is 0 Å². The van der Waals surface area contributed by atoms with Gasteiger partial charge in [-0.2, -0.15) is 0 Å². The van der Waals surface area contributed by atoms with Crippen molar-refractivity contribution in [3.63, 3.8) is 0 Å². The molecule has 2 aromatic carbocycles. The van der Waals surface area contributed by atoms with E-state index in [9.17, 15) is 14.0 Å². The van der Waals surface area contributed by atoms with E-state index >= 15 is 0 Å². The number of carbonyl (C=O) groups excluding carboxylic acids is 1. The maximum atomic E-state index is 13.7. The first-order valence-electron chi connectivity index (χ1n) is 9.15. The van der Waals surface area contributed by atoms with Crippen molar-refractivity contribution in [3.05, 3.63) is 75.9 Å². The van der Waals surface area contributed by atoms with Crippen LogP contribution in [0.5, 0.6) is 5.75 Å². The van der Waals surface area contributed by atoms with Gasteiger partial charge in [0.25, 0.3) is 5.91 Å². The minimum absolute atomic E-state index is 0.155. The van der Waals surface area contributed by atoms with Gasteiger partial charge in [-0.15, -0.1) is 0 Å². The molecule has 0 aliphatic rings. The van der Waals surface area contributed by atoms with Gasteiger partial charge in [-0.25, -0.2) is 9.18 Å². The zero-order chi connectivity index (χ0) is 20.1. The van der Waals surface area contributed by atoms with Crippen molar-refractivity contribution >= 4 is 16.9 Å². The maximum absolute atomic E-state index is 13.7. The normalized spacial score (nSPS) is 10.8. The predicted molar refractivity (Wildman–Crippen MR) is 105 cm³/mol. The number of likely N-dealkylation sites (N-methyl/N-ethyl adjacent to an activating group) is 1. The number of fused-ring (bicyclic) bond motifs is 1. The number of hydrogen-bond acceptors (Lipinski definition) is 4. The van der Waals surface area contributed by atoms with Crippen LogP contribution < -0.4 is 10.4 Å². The number of aryl methyl sites for hydroxylation is 1. The molecule has 0 unspecified atom stereocenters. The Hall–Kier alpha value is -3.15. The summed E-state index contributed by atoms with van der Waals surface area (Å²) in [6, 6.07) is 13.0. The summed E-state index contributed by atoms with van der Waals surface area (Å²) in [7, 11) is 1.59. The van der Waals surface area contributed by atoms with E-state index in [1.807, 2.05) is 13.0 Å². The summed E-state index contributed by atoms with van der Waals surface area (Å²) < 4.78 is 24.5. The molecule has 0 atom stereocenters. The minimum Gasteiger partial charge on any atom is -0.484 e. The van der Waals surface area contributed by atoms with Gasteiger partial charge in [0.15, 0.2) is 6.61 Å². The molecule has 5 nitrogen and oxygen atoms in total. The van der Waals surface area contributed by atoms with Gasteiger partial charge in [-0.3, -0.25) is 4.79 Å². The molecule has 1 heterocycles. The fraction of sp³-hybridized carbons (Fsp3) is 0.273. The average Bonchev–Trinajstić information content (AvgIpc) is 2.67. The first-order valence-corrected chi connectivity index (χ1v) is 9.15. The summed E-state index contributed by atoms with van der Waals surface area (Å²) in [6.45, 7) is 2.00. The smallest absolute Gasteiger partial charge is 0.336 e. The molecule has 0 aliphatic carbocycles. The van der Waals surface area contributed by atoms with E-state index < -0.39 is 5.63 Å². The third-order valence-electron chi connectivity index (χ3n) is 4.47. The number of rotatable bonds is 7. The molecule has 3 aromatic rings. The van der Waals surface area contributed by atoms with Crippen LogP contribution in [-0.4, -0.2) is 24.5 Å². The molecular weight excluding hydrogens is 361 g/mol. The number of amides is 1. The Bertz CT molecular complexity index is 1040. The molecular formula is C22H22FNO4. The van der Waals surface area contributed by atoms with E-state index in [2.05, 4.69) is 0 Å².